The van der Waals surface area contributed by atoms with E-state index in [1.165, 1.54) is 0 Å². The van der Waals surface area contributed by atoms with Gasteiger partial charge in [-0.15, -0.1) is 0 Å². The van der Waals surface area contributed by atoms with E-state index >= 15 is 0 Å². The SMILES string of the molecule is O=c1oc(=O)c2c(-c3ccccc3)c3c(=O)oc(=O)c3c(C3=CC=CC4CC34)c12. The molecule has 1 saturated carbocycles. The monoisotopic (exact) mass is 384 g/mol. The Bertz CT molecular complexity index is 1520. The second-order valence-corrected chi connectivity index (χ2v) is 7.48. The molecule has 140 valence electrons. The molecule has 2 heterocycles. The zero-order valence-corrected chi connectivity index (χ0v) is 14.9. The van der Waals surface area contributed by atoms with E-state index in [0.29, 0.717) is 17.0 Å². The van der Waals surface area contributed by atoms with E-state index in [1.54, 1.807) is 30.3 Å². The molecule has 6 nitrogen and oxygen atoms in total. The summed E-state index contributed by atoms with van der Waals surface area (Å²) < 4.78 is 9.87. The third kappa shape index (κ3) is 2.05. The zero-order valence-electron chi connectivity index (χ0n) is 14.9. The van der Waals surface area contributed by atoms with Crippen LogP contribution >= 0.6 is 0 Å². The Balaban J connectivity index is 1.93. The molecule has 0 N–H and O–H groups in total. The summed E-state index contributed by atoms with van der Waals surface area (Å²) >= 11 is 0. The second-order valence-electron chi connectivity index (χ2n) is 7.48. The molecule has 6 heteroatoms. The molecule has 29 heavy (non-hydrogen) atoms. The molecule has 0 radical (unpaired) electrons. The van der Waals surface area contributed by atoms with Crippen LogP contribution in [0.2, 0.25) is 0 Å². The number of rotatable bonds is 2. The summed E-state index contributed by atoms with van der Waals surface area (Å²) in [6, 6.07) is 8.70. The van der Waals surface area contributed by atoms with E-state index < -0.39 is 22.5 Å². The average Bonchev–Trinajstić information content (AvgIpc) is 3.38. The van der Waals surface area contributed by atoms with E-state index in [1.807, 2.05) is 12.2 Å². The number of furan rings is 2. The lowest BCUT2D eigenvalue weighted by atomic mass is 9.86. The van der Waals surface area contributed by atoms with Crippen LogP contribution in [0, 0.1) is 11.8 Å². The van der Waals surface area contributed by atoms with Crippen molar-refractivity contribution in [3.8, 4) is 11.1 Å². The maximum atomic E-state index is 12.7. The normalized spacial score (nSPS) is 20.2. The van der Waals surface area contributed by atoms with Gasteiger partial charge in [0.25, 0.3) is 0 Å². The Labute approximate surface area is 161 Å². The van der Waals surface area contributed by atoms with Crippen molar-refractivity contribution < 1.29 is 8.83 Å². The van der Waals surface area contributed by atoms with Gasteiger partial charge in [0.2, 0.25) is 0 Å². The smallest absolute Gasteiger partial charge is 0.347 e. The third-order valence-corrected chi connectivity index (χ3v) is 5.91. The van der Waals surface area contributed by atoms with Crippen molar-refractivity contribution in [3.63, 3.8) is 0 Å². The van der Waals surface area contributed by atoms with Gasteiger partial charge in [-0.25, -0.2) is 19.2 Å². The standard InChI is InChI=1S/C23H12O6/c24-20-16-14(10-5-2-1-3-6-10)17-19(23(27)29-21(17)25)15(18(16)22(26)28-20)12-8-4-7-11-9-13(11)12/h1-8,11,13H,9H2. The van der Waals surface area contributed by atoms with Gasteiger partial charge in [0.1, 0.15) is 0 Å². The first-order chi connectivity index (χ1) is 14.1. The molecule has 2 aliphatic rings. The highest BCUT2D eigenvalue weighted by Gasteiger charge is 2.42. The number of fused-ring (bicyclic) bond motifs is 3. The molecule has 1 fully saturated rings. The van der Waals surface area contributed by atoms with E-state index in [2.05, 4.69) is 6.08 Å². The van der Waals surface area contributed by atoms with Gasteiger partial charge in [-0.1, -0.05) is 48.6 Å². The summed E-state index contributed by atoms with van der Waals surface area (Å²) in [5.74, 6) is 0.471. The summed E-state index contributed by atoms with van der Waals surface area (Å²) in [6.07, 6.45) is 6.66. The highest BCUT2D eigenvalue weighted by molar-refractivity contribution is 6.18. The van der Waals surface area contributed by atoms with Crippen molar-refractivity contribution in [2.24, 2.45) is 11.8 Å². The molecule has 6 rings (SSSR count). The van der Waals surface area contributed by atoms with Gasteiger partial charge >= 0.3 is 22.5 Å². The largest absolute Gasteiger partial charge is 0.386 e. The average molecular weight is 384 g/mol. The predicted molar refractivity (Wildman–Crippen MR) is 108 cm³/mol. The fourth-order valence-electron chi connectivity index (χ4n) is 4.60. The molecule has 0 bridgehead atoms. The molecule has 0 aliphatic heterocycles. The summed E-state index contributed by atoms with van der Waals surface area (Å²) in [4.78, 5) is 50.8. The van der Waals surface area contributed by atoms with Gasteiger partial charge in [-0.05, 0) is 29.4 Å². The third-order valence-electron chi connectivity index (χ3n) is 5.91. The highest BCUT2D eigenvalue weighted by atomic mass is 16.4. The van der Waals surface area contributed by atoms with Crippen LogP contribution in [0.4, 0.5) is 0 Å². The molecule has 2 unspecified atom stereocenters. The maximum Gasteiger partial charge on any atom is 0.347 e. The van der Waals surface area contributed by atoms with E-state index in [-0.39, 0.29) is 33.0 Å². The summed E-state index contributed by atoms with van der Waals surface area (Å²) in [5, 5.41) is 0.140. The molecular weight excluding hydrogens is 372 g/mol. The summed E-state index contributed by atoms with van der Waals surface area (Å²) in [7, 11) is 0. The van der Waals surface area contributed by atoms with Crippen LogP contribution in [0.1, 0.15) is 12.0 Å². The molecule has 2 aromatic carbocycles. The predicted octanol–water partition coefficient (Wildman–Crippen LogP) is 2.75. The van der Waals surface area contributed by atoms with Crippen molar-refractivity contribution >= 4 is 27.1 Å². The Morgan fingerprint density at radius 3 is 1.86 bits per heavy atom. The number of allylic oxidation sites excluding steroid dienone is 4. The van der Waals surface area contributed by atoms with E-state index in [0.717, 1.165) is 12.0 Å². The Kier molecular flexibility index (Phi) is 3.00. The Morgan fingerprint density at radius 2 is 1.28 bits per heavy atom. The first kappa shape index (κ1) is 16.2. The van der Waals surface area contributed by atoms with Crippen LogP contribution in [0.25, 0.3) is 38.2 Å². The molecule has 0 amide bonds. The zero-order chi connectivity index (χ0) is 19.9. The Morgan fingerprint density at radius 1 is 0.724 bits per heavy atom. The van der Waals surface area contributed by atoms with Gasteiger partial charge in [-0.2, -0.15) is 0 Å². The maximum absolute atomic E-state index is 12.7. The minimum absolute atomic E-state index is 0.0225. The number of benzene rings is 2. The summed E-state index contributed by atoms with van der Waals surface area (Å²) in [5.41, 5.74) is -1.43. The van der Waals surface area contributed by atoms with Crippen molar-refractivity contribution in [3.05, 3.63) is 95.8 Å². The van der Waals surface area contributed by atoms with Gasteiger partial charge in [0.05, 0.1) is 21.5 Å². The lowest BCUT2D eigenvalue weighted by Crippen LogP contribution is -2.06. The van der Waals surface area contributed by atoms with Crippen LogP contribution in [0.5, 0.6) is 0 Å². The lowest BCUT2D eigenvalue weighted by Gasteiger charge is -2.13. The fraction of sp³-hybridized carbons (Fsp3) is 0.130. The van der Waals surface area contributed by atoms with Crippen LogP contribution in [-0.4, -0.2) is 0 Å². The topological polar surface area (TPSA) is 94.6 Å². The lowest BCUT2D eigenvalue weighted by molar-refractivity contribution is 0.498. The van der Waals surface area contributed by atoms with Crippen molar-refractivity contribution in [2.75, 3.05) is 0 Å². The second kappa shape index (κ2) is 5.38. The molecular formula is C23H12O6. The minimum Gasteiger partial charge on any atom is -0.386 e. The Hall–Kier alpha value is -3.80. The molecule has 4 aromatic rings. The first-order valence-corrected chi connectivity index (χ1v) is 9.27. The van der Waals surface area contributed by atoms with Gasteiger partial charge in [0, 0.05) is 11.1 Å². The van der Waals surface area contributed by atoms with Crippen molar-refractivity contribution in [1.82, 2.24) is 0 Å². The quantitative estimate of drug-likeness (QED) is 0.527. The fourth-order valence-corrected chi connectivity index (χ4v) is 4.60. The van der Waals surface area contributed by atoms with E-state index in [9.17, 15) is 19.2 Å². The van der Waals surface area contributed by atoms with Crippen molar-refractivity contribution in [2.45, 2.75) is 6.42 Å². The van der Waals surface area contributed by atoms with Gasteiger partial charge in [-0.3, -0.25) is 0 Å². The van der Waals surface area contributed by atoms with Crippen LogP contribution in [0.15, 0.2) is 76.6 Å². The summed E-state index contributed by atoms with van der Waals surface area (Å²) in [6.45, 7) is 0. The highest BCUT2D eigenvalue weighted by Crippen LogP contribution is 2.53. The molecule has 0 spiro atoms. The molecule has 2 aliphatic carbocycles. The molecule has 2 atom stereocenters. The minimum atomic E-state index is -0.820. The van der Waals surface area contributed by atoms with Gasteiger partial charge in [0.15, 0.2) is 0 Å². The molecule has 0 saturated heterocycles. The number of hydrogen-bond acceptors (Lipinski definition) is 6. The molecule has 2 aromatic heterocycles. The van der Waals surface area contributed by atoms with Crippen LogP contribution in [-0.2, 0) is 0 Å². The van der Waals surface area contributed by atoms with E-state index in [4.69, 9.17) is 8.83 Å². The number of hydrogen-bond donors (Lipinski definition) is 0. The van der Waals surface area contributed by atoms with Crippen molar-refractivity contribution in [1.29, 1.82) is 0 Å². The van der Waals surface area contributed by atoms with Crippen LogP contribution < -0.4 is 22.5 Å². The van der Waals surface area contributed by atoms with Crippen LogP contribution in [0.3, 0.4) is 0 Å². The first-order valence-electron chi connectivity index (χ1n) is 9.27. The van der Waals surface area contributed by atoms with Gasteiger partial charge < -0.3 is 8.83 Å².